The molecule has 4 aromatic rings. The standard InChI is InChI=1S/C25H17Br2NO5/c1-12-6-7-18-16(8-12)22(29)20-21(13-9-17(27)23(30)19(10-13)32-2)28(25(31)24(20)33-18)15-5-3-4-14(26)11-15/h3-11,21,30H,1-2H3. The number of phenolic OH excluding ortho intramolecular Hbond substituents is 1. The number of ether oxygens (including phenoxy) is 1. The summed E-state index contributed by atoms with van der Waals surface area (Å²) in [5.41, 5.74) is 2.42. The second-order valence-corrected chi connectivity index (χ2v) is 9.55. The van der Waals surface area contributed by atoms with Crippen LogP contribution in [0.5, 0.6) is 11.5 Å². The van der Waals surface area contributed by atoms with Gasteiger partial charge in [-0.25, -0.2) is 0 Å². The van der Waals surface area contributed by atoms with Crippen LogP contribution in [0, 0.1) is 6.92 Å². The van der Waals surface area contributed by atoms with E-state index in [4.69, 9.17) is 9.15 Å². The SMILES string of the molecule is COc1cc(C2c3c(oc4ccc(C)cc4c3=O)C(=O)N2c2cccc(Br)c2)cc(Br)c1O. The number of amides is 1. The Balaban J connectivity index is 1.85. The number of hydrogen-bond donors (Lipinski definition) is 1. The average Bonchev–Trinajstić information content (AvgIpc) is 3.08. The molecule has 8 heteroatoms. The number of carbonyl (C=O) groups excluding carboxylic acids is 1. The Morgan fingerprint density at radius 3 is 2.58 bits per heavy atom. The maximum Gasteiger partial charge on any atom is 0.295 e. The summed E-state index contributed by atoms with van der Waals surface area (Å²) in [6.45, 7) is 1.89. The van der Waals surface area contributed by atoms with Crippen molar-refractivity contribution < 1.29 is 19.1 Å². The number of halogens is 2. The maximum absolute atomic E-state index is 13.7. The number of rotatable bonds is 3. The molecule has 33 heavy (non-hydrogen) atoms. The van der Waals surface area contributed by atoms with Crippen molar-refractivity contribution in [1.29, 1.82) is 0 Å². The van der Waals surface area contributed by atoms with Gasteiger partial charge in [-0.15, -0.1) is 0 Å². The predicted octanol–water partition coefficient (Wildman–Crippen LogP) is 6.09. The van der Waals surface area contributed by atoms with Crippen LogP contribution in [0.3, 0.4) is 0 Å². The van der Waals surface area contributed by atoms with Crippen LogP contribution in [0.15, 0.2) is 72.8 Å². The molecule has 166 valence electrons. The minimum Gasteiger partial charge on any atom is -0.503 e. The average molecular weight is 571 g/mol. The number of phenols is 1. The quantitative estimate of drug-likeness (QED) is 0.322. The van der Waals surface area contributed by atoms with Gasteiger partial charge in [-0.05, 0) is 70.9 Å². The highest BCUT2D eigenvalue weighted by atomic mass is 79.9. The molecule has 0 saturated carbocycles. The van der Waals surface area contributed by atoms with E-state index in [9.17, 15) is 14.7 Å². The Bertz CT molecular complexity index is 1510. The molecule has 5 rings (SSSR count). The lowest BCUT2D eigenvalue weighted by molar-refractivity contribution is 0.0971. The lowest BCUT2D eigenvalue weighted by atomic mass is 9.97. The Kier molecular flexibility index (Phi) is 5.29. The largest absolute Gasteiger partial charge is 0.503 e. The van der Waals surface area contributed by atoms with Gasteiger partial charge in [-0.1, -0.05) is 33.6 Å². The fraction of sp³-hybridized carbons (Fsp3) is 0.120. The van der Waals surface area contributed by atoms with Gasteiger partial charge in [0, 0.05) is 10.2 Å². The molecule has 0 radical (unpaired) electrons. The van der Waals surface area contributed by atoms with E-state index in [1.54, 1.807) is 36.4 Å². The van der Waals surface area contributed by atoms with E-state index in [1.807, 2.05) is 25.1 Å². The molecular formula is C25H17Br2NO5. The molecule has 1 amide bonds. The van der Waals surface area contributed by atoms with Crippen molar-refractivity contribution in [2.24, 2.45) is 0 Å². The molecule has 3 aromatic carbocycles. The third kappa shape index (κ3) is 3.45. The smallest absolute Gasteiger partial charge is 0.295 e. The molecule has 1 unspecified atom stereocenters. The number of anilines is 1. The van der Waals surface area contributed by atoms with Crippen molar-refractivity contribution in [3.63, 3.8) is 0 Å². The molecule has 0 aliphatic carbocycles. The first-order valence-corrected chi connectivity index (χ1v) is 11.6. The first-order valence-electron chi connectivity index (χ1n) is 10.0. The van der Waals surface area contributed by atoms with Crippen LogP contribution in [-0.2, 0) is 0 Å². The van der Waals surface area contributed by atoms with Gasteiger partial charge in [0.15, 0.2) is 16.9 Å². The first kappa shape index (κ1) is 21.7. The Morgan fingerprint density at radius 1 is 1.06 bits per heavy atom. The first-order chi connectivity index (χ1) is 15.8. The molecule has 6 nitrogen and oxygen atoms in total. The number of aromatic hydroxyl groups is 1. The number of hydrogen-bond acceptors (Lipinski definition) is 5. The molecule has 0 fully saturated rings. The van der Waals surface area contributed by atoms with Crippen LogP contribution in [0.2, 0.25) is 0 Å². The van der Waals surface area contributed by atoms with Gasteiger partial charge in [-0.2, -0.15) is 0 Å². The van der Waals surface area contributed by atoms with E-state index in [0.717, 1.165) is 10.0 Å². The number of benzene rings is 3. The molecular weight excluding hydrogens is 554 g/mol. The Morgan fingerprint density at radius 2 is 1.85 bits per heavy atom. The van der Waals surface area contributed by atoms with Crippen molar-refractivity contribution in [1.82, 2.24) is 0 Å². The molecule has 0 bridgehead atoms. The van der Waals surface area contributed by atoms with E-state index in [1.165, 1.54) is 12.0 Å². The lowest BCUT2D eigenvalue weighted by Crippen LogP contribution is -2.29. The molecule has 1 N–H and O–H groups in total. The van der Waals surface area contributed by atoms with E-state index in [0.29, 0.717) is 26.7 Å². The highest BCUT2D eigenvalue weighted by Gasteiger charge is 2.44. The van der Waals surface area contributed by atoms with E-state index in [-0.39, 0.29) is 28.3 Å². The normalized spacial score (nSPS) is 15.2. The van der Waals surface area contributed by atoms with Gasteiger partial charge in [0.25, 0.3) is 5.91 Å². The van der Waals surface area contributed by atoms with Crippen LogP contribution in [0.1, 0.15) is 33.3 Å². The lowest BCUT2D eigenvalue weighted by Gasteiger charge is -2.26. The topological polar surface area (TPSA) is 80.0 Å². The summed E-state index contributed by atoms with van der Waals surface area (Å²) >= 11 is 6.81. The summed E-state index contributed by atoms with van der Waals surface area (Å²) in [7, 11) is 1.44. The van der Waals surface area contributed by atoms with Gasteiger partial charge in [0.1, 0.15) is 5.58 Å². The molecule has 2 heterocycles. The number of methoxy groups -OCH3 is 1. The van der Waals surface area contributed by atoms with Gasteiger partial charge >= 0.3 is 0 Å². The summed E-state index contributed by atoms with van der Waals surface area (Å²) in [5, 5.41) is 10.7. The van der Waals surface area contributed by atoms with Crippen LogP contribution >= 0.6 is 31.9 Å². The summed E-state index contributed by atoms with van der Waals surface area (Å²) < 4.78 is 12.5. The zero-order valence-electron chi connectivity index (χ0n) is 17.6. The number of nitrogens with zero attached hydrogens (tertiary/aromatic N) is 1. The molecule has 1 aliphatic heterocycles. The van der Waals surface area contributed by atoms with E-state index in [2.05, 4.69) is 31.9 Å². The second kappa shape index (κ2) is 8.04. The second-order valence-electron chi connectivity index (χ2n) is 7.78. The molecule has 1 atom stereocenters. The Labute approximate surface area is 205 Å². The maximum atomic E-state index is 13.7. The summed E-state index contributed by atoms with van der Waals surface area (Å²) in [6, 6.07) is 15.1. The Hall–Kier alpha value is -3.10. The number of carbonyl (C=O) groups is 1. The van der Waals surface area contributed by atoms with Crippen LogP contribution in [0.25, 0.3) is 11.0 Å². The van der Waals surface area contributed by atoms with Gasteiger partial charge in [-0.3, -0.25) is 14.5 Å². The van der Waals surface area contributed by atoms with Crippen LogP contribution in [-0.4, -0.2) is 18.1 Å². The third-order valence-corrected chi connectivity index (χ3v) is 6.80. The third-order valence-electron chi connectivity index (χ3n) is 5.70. The zero-order chi connectivity index (χ0) is 23.4. The van der Waals surface area contributed by atoms with Crippen molar-refractivity contribution >= 4 is 54.4 Å². The van der Waals surface area contributed by atoms with Crippen LogP contribution in [0.4, 0.5) is 5.69 Å². The predicted molar refractivity (Wildman–Crippen MR) is 132 cm³/mol. The fourth-order valence-corrected chi connectivity index (χ4v) is 5.05. The molecule has 1 aromatic heterocycles. The van der Waals surface area contributed by atoms with Crippen molar-refractivity contribution in [3.8, 4) is 11.5 Å². The summed E-state index contributed by atoms with van der Waals surface area (Å²) in [5.74, 6) is -0.267. The van der Waals surface area contributed by atoms with Gasteiger partial charge in [0.2, 0.25) is 5.76 Å². The van der Waals surface area contributed by atoms with E-state index >= 15 is 0 Å². The minimum absolute atomic E-state index is 0.00416. The number of aryl methyl sites for hydroxylation is 1. The highest BCUT2D eigenvalue weighted by molar-refractivity contribution is 9.10. The summed E-state index contributed by atoms with van der Waals surface area (Å²) in [4.78, 5) is 28.9. The van der Waals surface area contributed by atoms with Crippen molar-refractivity contribution in [2.75, 3.05) is 12.0 Å². The van der Waals surface area contributed by atoms with Gasteiger partial charge in [0.05, 0.1) is 28.6 Å². The van der Waals surface area contributed by atoms with E-state index < -0.39 is 11.9 Å². The van der Waals surface area contributed by atoms with Crippen molar-refractivity contribution in [3.05, 3.63) is 96.2 Å². The molecule has 1 aliphatic rings. The van der Waals surface area contributed by atoms with Crippen LogP contribution < -0.4 is 15.1 Å². The highest BCUT2D eigenvalue weighted by Crippen LogP contribution is 2.45. The van der Waals surface area contributed by atoms with Crippen molar-refractivity contribution in [2.45, 2.75) is 13.0 Å². The minimum atomic E-state index is -0.784. The van der Waals surface area contributed by atoms with Gasteiger partial charge < -0.3 is 14.3 Å². The number of fused-ring (bicyclic) bond motifs is 2. The monoisotopic (exact) mass is 569 g/mol. The summed E-state index contributed by atoms with van der Waals surface area (Å²) in [6.07, 6.45) is 0. The molecule has 0 saturated heterocycles. The molecule has 0 spiro atoms. The zero-order valence-corrected chi connectivity index (χ0v) is 20.7. The fourth-order valence-electron chi connectivity index (χ4n) is 4.20.